The molecule has 0 aliphatic heterocycles. The van der Waals surface area contributed by atoms with E-state index in [1.165, 1.54) is 19.1 Å². The maximum Gasteiger partial charge on any atom is 0.329 e. The van der Waals surface area contributed by atoms with E-state index >= 15 is 0 Å². The lowest BCUT2D eigenvalue weighted by atomic mass is 9.99. The van der Waals surface area contributed by atoms with Gasteiger partial charge in [0.1, 0.15) is 17.0 Å². The standard InChI is InChI=1S/C16H24N2O6S/c1-5-16(4,15(20)21)17-14(19)10-25(22,23)18-12-6-8-13(9-7-12)24-11(2)3/h6-9,11,18H,5,10H2,1-4H3,(H,17,19)(H,20,21). The lowest BCUT2D eigenvalue weighted by molar-refractivity contribution is -0.146. The number of amides is 1. The first-order valence-electron chi connectivity index (χ1n) is 7.79. The zero-order chi connectivity index (χ0) is 19.3. The van der Waals surface area contributed by atoms with Gasteiger partial charge in [-0.15, -0.1) is 0 Å². The number of carbonyl (C=O) groups excluding carboxylic acids is 1. The summed E-state index contributed by atoms with van der Waals surface area (Å²) in [6, 6.07) is 6.24. The number of hydrogen-bond donors (Lipinski definition) is 3. The number of rotatable bonds is 9. The Balaban J connectivity index is 2.72. The molecule has 1 aromatic carbocycles. The zero-order valence-electron chi connectivity index (χ0n) is 14.7. The topological polar surface area (TPSA) is 122 Å². The van der Waals surface area contributed by atoms with E-state index in [0.29, 0.717) is 5.75 Å². The summed E-state index contributed by atoms with van der Waals surface area (Å²) in [7, 11) is -3.97. The van der Waals surface area contributed by atoms with Crippen LogP contribution in [-0.4, -0.2) is 42.8 Å². The maximum absolute atomic E-state index is 12.1. The van der Waals surface area contributed by atoms with Crippen LogP contribution in [0.4, 0.5) is 5.69 Å². The van der Waals surface area contributed by atoms with Gasteiger partial charge in [0.25, 0.3) is 0 Å². The monoisotopic (exact) mass is 372 g/mol. The molecule has 0 aliphatic rings. The average Bonchev–Trinajstić information content (AvgIpc) is 2.47. The molecule has 0 heterocycles. The van der Waals surface area contributed by atoms with E-state index in [0.717, 1.165) is 0 Å². The predicted octanol–water partition coefficient (Wildman–Crippen LogP) is 1.58. The van der Waals surface area contributed by atoms with Crippen LogP contribution >= 0.6 is 0 Å². The largest absolute Gasteiger partial charge is 0.491 e. The van der Waals surface area contributed by atoms with Crippen molar-refractivity contribution in [3.05, 3.63) is 24.3 Å². The van der Waals surface area contributed by atoms with E-state index < -0.39 is 33.2 Å². The number of nitrogens with one attached hydrogen (secondary N) is 2. The smallest absolute Gasteiger partial charge is 0.329 e. The first kappa shape index (κ1) is 20.8. The number of carboxylic acids is 1. The molecule has 0 spiro atoms. The molecule has 1 amide bonds. The highest BCUT2D eigenvalue weighted by molar-refractivity contribution is 7.93. The van der Waals surface area contributed by atoms with E-state index in [1.54, 1.807) is 19.1 Å². The fourth-order valence-electron chi connectivity index (χ4n) is 1.90. The summed E-state index contributed by atoms with van der Waals surface area (Å²) in [5, 5.41) is 11.3. The van der Waals surface area contributed by atoms with Crippen molar-refractivity contribution in [1.29, 1.82) is 0 Å². The summed E-state index contributed by atoms with van der Waals surface area (Å²) in [6.07, 6.45) is 0.118. The van der Waals surface area contributed by atoms with E-state index in [9.17, 15) is 18.0 Å². The van der Waals surface area contributed by atoms with Crippen molar-refractivity contribution in [2.45, 2.75) is 45.8 Å². The number of carboxylic acid groups (broad SMARTS) is 1. The van der Waals surface area contributed by atoms with E-state index in [1.807, 2.05) is 13.8 Å². The first-order valence-corrected chi connectivity index (χ1v) is 9.44. The molecule has 0 saturated heterocycles. The van der Waals surface area contributed by atoms with Gasteiger partial charge in [-0.3, -0.25) is 9.52 Å². The Morgan fingerprint density at radius 3 is 2.24 bits per heavy atom. The van der Waals surface area contributed by atoms with Gasteiger partial charge >= 0.3 is 5.97 Å². The summed E-state index contributed by atoms with van der Waals surface area (Å²) >= 11 is 0. The number of anilines is 1. The quantitative estimate of drug-likeness (QED) is 0.605. The van der Waals surface area contributed by atoms with Crippen molar-refractivity contribution < 1.29 is 27.9 Å². The first-order chi connectivity index (χ1) is 11.5. The Morgan fingerprint density at radius 1 is 1.24 bits per heavy atom. The lowest BCUT2D eigenvalue weighted by Gasteiger charge is -2.24. The third kappa shape index (κ3) is 6.61. The molecule has 0 bridgehead atoms. The summed E-state index contributed by atoms with van der Waals surface area (Å²) in [5.41, 5.74) is -1.23. The molecule has 0 aliphatic carbocycles. The summed E-state index contributed by atoms with van der Waals surface area (Å²) in [5.74, 6) is -2.40. The molecule has 0 radical (unpaired) electrons. The number of carbonyl (C=O) groups is 2. The van der Waals surface area contributed by atoms with Gasteiger partial charge in [-0.25, -0.2) is 13.2 Å². The summed E-state index contributed by atoms with van der Waals surface area (Å²) in [6.45, 7) is 6.65. The summed E-state index contributed by atoms with van der Waals surface area (Å²) in [4.78, 5) is 23.1. The molecule has 0 aromatic heterocycles. The van der Waals surface area contributed by atoms with E-state index in [4.69, 9.17) is 9.84 Å². The molecule has 1 rings (SSSR count). The second-order valence-corrected chi connectivity index (χ2v) is 7.81. The Hall–Kier alpha value is -2.29. The van der Waals surface area contributed by atoms with Gasteiger partial charge in [-0.05, 0) is 51.5 Å². The van der Waals surface area contributed by atoms with Crippen molar-refractivity contribution >= 4 is 27.6 Å². The molecule has 1 unspecified atom stereocenters. The van der Waals surface area contributed by atoms with Crippen molar-refractivity contribution in [2.75, 3.05) is 10.5 Å². The van der Waals surface area contributed by atoms with Crippen LogP contribution in [-0.2, 0) is 19.6 Å². The second-order valence-electron chi connectivity index (χ2n) is 6.09. The maximum atomic E-state index is 12.1. The normalized spacial score (nSPS) is 13.8. The van der Waals surface area contributed by atoms with Crippen molar-refractivity contribution in [1.82, 2.24) is 5.32 Å². The SMILES string of the molecule is CCC(C)(NC(=O)CS(=O)(=O)Nc1ccc(OC(C)C)cc1)C(=O)O. The molecule has 8 nitrogen and oxygen atoms in total. The van der Waals surface area contributed by atoms with Crippen molar-refractivity contribution in [3.63, 3.8) is 0 Å². The molecule has 0 fully saturated rings. The lowest BCUT2D eigenvalue weighted by Crippen LogP contribution is -2.53. The number of hydrogen-bond acceptors (Lipinski definition) is 5. The van der Waals surface area contributed by atoms with Crippen LogP contribution in [0.5, 0.6) is 5.75 Å². The highest BCUT2D eigenvalue weighted by atomic mass is 32.2. The number of aliphatic carboxylic acids is 1. The third-order valence-corrected chi connectivity index (χ3v) is 4.60. The van der Waals surface area contributed by atoms with Gasteiger partial charge in [0.15, 0.2) is 0 Å². The molecule has 1 aromatic rings. The number of ether oxygens (including phenoxy) is 1. The van der Waals surface area contributed by atoms with Crippen LogP contribution < -0.4 is 14.8 Å². The summed E-state index contributed by atoms with van der Waals surface area (Å²) < 4.78 is 31.9. The minimum atomic E-state index is -3.97. The fourth-order valence-corrected chi connectivity index (χ4v) is 2.88. The van der Waals surface area contributed by atoms with Crippen molar-refractivity contribution in [3.8, 4) is 5.75 Å². The predicted molar refractivity (Wildman–Crippen MR) is 94.1 cm³/mol. The minimum absolute atomic E-state index is 0.00616. The Bertz CT molecular complexity index is 715. The van der Waals surface area contributed by atoms with Crippen LogP contribution in [0.15, 0.2) is 24.3 Å². The van der Waals surface area contributed by atoms with Gasteiger partial charge in [0, 0.05) is 5.69 Å². The second kappa shape index (κ2) is 8.19. The molecule has 0 saturated carbocycles. The van der Waals surface area contributed by atoms with Gasteiger partial charge in [0.2, 0.25) is 15.9 Å². The molecular weight excluding hydrogens is 348 g/mol. The van der Waals surface area contributed by atoms with Crippen LogP contribution in [0.2, 0.25) is 0 Å². The number of benzene rings is 1. The average molecular weight is 372 g/mol. The highest BCUT2D eigenvalue weighted by Gasteiger charge is 2.33. The minimum Gasteiger partial charge on any atom is -0.491 e. The van der Waals surface area contributed by atoms with Gasteiger partial charge in [-0.1, -0.05) is 6.92 Å². The number of sulfonamides is 1. The van der Waals surface area contributed by atoms with Crippen LogP contribution in [0, 0.1) is 0 Å². The Morgan fingerprint density at radius 2 is 1.80 bits per heavy atom. The zero-order valence-corrected chi connectivity index (χ0v) is 15.5. The molecule has 1 atom stereocenters. The van der Waals surface area contributed by atoms with Crippen LogP contribution in [0.1, 0.15) is 34.1 Å². The van der Waals surface area contributed by atoms with Crippen molar-refractivity contribution in [2.24, 2.45) is 0 Å². The van der Waals surface area contributed by atoms with Crippen LogP contribution in [0.25, 0.3) is 0 Å². The molecule has 25 heavy (non-hydrogen) atoms. The van der Waals surface area contributed by atoms with Gasteiger partial charge in [-0.2, -0.15) is 0 Å². The molecule has 9 heteroatoms. The van der Waals surface area contributed by atoms with Gasteiger partial charge < -0.3 is 15.2 Å². The van der Waals surface area contributed by atoms with E-state index in [2.05, 4.69) is 10.0 Å². The van der Waals surface area contributed by atoms with Crippen LogP contribution in [0.3, 0.4) is 0 Å². The Kier molecular flexibility index (Phi) is 6.80. The molecular formula is C16H24N2O6S. The fraction of sp³-hybridized carbons (Fsp3) is 0.500. The molecule has 3 N–H and O–H groups in total. The van der Waals surface area contributed by atoms with Gasteiger partial charge in [0.05, 0.1) is 6.10 Å². The molecule has 140 valence electrons. The van der Waals surface area contributed by atoms with E-state index in [-0.39, 0.29) is 18.2 Å². The Labute approximate surface area is 147 Å². The highest BCUT2D eigenvalue weighted by Crippen LogP contribution is 2.18. The third-order valence-electron chi connectivity index (χ3n) is 3.42.